The SMILES string of the molecule is CCCCC/C=C(\C)C(CC)CC#N. The van der Waals surface area contributed by atoms with Crippen LogP contribution < -0.4 is 0 Å². The summed E-state index contributed by atoms with van der Waals surface area (Å²) in [5.74, 6) is 0.488. The largest absolute Gasteiger partial charge is 0.198 e. The van der Waals surface area contributed by atoms with E-state index in [1.54, 1.807) is 0 Å². The molecule has 0 radical (unpaired) electrons. The molecule has 0 saturated carbocycles. The van der Waals surface area contributed by atoms with Gasteiger partial charge in [0.25, 0.3) is 0 Å². The lowest BCUT2D eigenvalue weighted by atomic mass is 9.93. The van der Waals surface area contributed by atoms with Gasteiger partial charge in [-0.3, -0.25) is 0 Å². The summed E-state index contributed by atoms with van der Waals surface area (Å²) in [5, 5.41) is 8.65. The molecule has 14 heavy (non-hydrogen) atoms. The number of unbranched alkanes of at least 4 members (excludes halogenated alkanes) is 3. The van der Waals surface area contributed by atoms with Gasteiger partial charge in [-0.2, -0.15) is 5.26 Å². The summed E-state index contributed by atoms with van der Waals surface area (Å²) in [7, 11) is 0. The zero-order chi connectivity index (χ0) is 10.8. The Hall–Kier alpha value is -0.770. The first-order valence-electron chi connectivity index (χ1n) is 5.79. The zero-order valence-electron chi connectivity index (χ0n) is 9.84. The maximum Gasteiger partial charge on any atom is 0.0628 e. The van der Waals surface area contributed by atoms with Gasteiger partial charge in [-0.05, 0) is 32.1 Å². The number of rotatable bonds is 7. The van der Waals surface area contributed by atoms with Crippen LogP contribution in [0.4, 0.5) is 0 Å². The Balaban J connectivity index is 3.88. The van der Waals surface area contributed by atoms with Crippen LogP contribution in [-0.4, -0.2) is 0 Å². The minimum atomic E-state index is 0.488. The molecule has 0 heterocycles. The Morgan fingerprint density at radius 1 is 1.36 bits per heavy atom. The Kier molecular flexibility index (Phi) is 8.33. The van der Waals surface area contributed by atoms with Crippen LogP contribution in [0.5, 0.6) is 0 Å². The number of nitriles is 1. The first-order valence-corrected chi connectivity index (χ1v) is 5.79. The van der Waals surface area contributed by atoms with Crippen LogP contribution in [0.15, 0.2) is 11.6 Å². The van der Waals surface area contributed by atoms with Gasteiger partial charge in [-0.15, -0.1) is 0 Å². The van der Waals surface area contributed by atoms with E-state index < -0.39 is 0 Å². The molecule has 0 aromatic rings. The third kappa shape index (κ3) is 5.80. The predicted molar refractivity (Wildman–Crippen MR) is 61.9 cm³/mol. The Labute approximate surface area is 88.8 Å². The lowest BCUT2D eigenvalue weighted by Gasteiger charge is -2.11. The van der Waals surface area contributed by atoms with E-state index in [4.69, 9.17) is 5.26 Å². The van der Waals surface area contributed by atoms with Crippen molar-refractivity contribution in [1.82, 2.24) is 0 Å². The van der Waals surface area contributed by atoms with Gasteiger partial charge in [0.2, 0.25) is 0 Å². The molecule has 0 spiro atoms. The minimum absolute atomic E-state index is 0.488. The summed E-state index contributed by atoms with van der Waals surface area (Å²) in [5.41, 5.74) is 1.41. The van der Waals surface area contributed by atoms with Crippen molar-refractivity contribution in [3.63, 3.8) is 0 Å². The Morgan fingerprint density at radius 3 is 2.57 bits per heavy atom. The smallest absolute Gasteiger partial charge is 0.0628 e. The monoisotopic (exact) mass is 193 g/mol. The molecule has 1 heteroatoms. The van der Waals surface area contributed by atoms with E-state index in [0.29, 0.717) is 12.3 Å². The van der Waals surface area contributed by atoms with Crippen LogP contribution in [-0.2, 0) is 0 Å². The predicted octanol–water partition coefficient (Wildman–Crippen LogP) is 4.45. The molecule has 1 atom stereocenters. The number of hydrogen-bond donors (Lipinski definition) is 0. The number of nitrogens with zero attached hydrogens (tertiary/aromatic N) is 1. The fourth-order valence-corrected chi connectivity index (χ4v) is 1.63. The van der Waals surface area contributed by atoms with E-state index in [0.717, 1.165) is 6.42 Å². The molecule has 0 bridgehead atoms. The van der Waals surface area contributed by atoms with Crippen molar-refractivity contribution in [2.24, 2.45) is 5.92 Å². The van der Waals surface area contributed by atoms with E-state index in [1.807, 2.05) is 0 Å². The van der Waals surface area contributed by atoms with E-state index in [9.17, 15) is 0 Å². The molecule has 1 nitrogen and oxygen atoms in total. The molecule has 0 aromatic carbocycles. The first kappa shape index (κ1) is 13.2. The summed E-state index contributed by atoms with van der Waals surface area (Å²) in [4.78, 5) is 0. The van der Waals surface area contributed by atoms with Crippen molar-refractivity contribution in [3.05, 3.63) is 11.6 Å². The highest BCUT2D eigenvalue weighted by atomic mass is 14.2. The van der Waals surface area contributed by atoms with Gasteiger partial charge in [0.15, 0.2) is 0 Å². The lowest BCUT2D eigenvalue weighted by molar-refractivity contribution is 0.600. The van der Waals surface area contributed by atoms with E-state index in [2.05, 4.69) is 32.9 Å². The summed E-state index contributed by atoms with van der Waals surface area (Å²) >= 11 is 0. The molecule has 0 aliphatic rings. The molecular formula is C13H23N. The first-order chi connectivity index (χ1) is 6.76. The summed E-state index contributed by atoms with van der Waals surface area (Å²) in [6.45, 7) is 6.55. The highest BCUT2D eigenvalue weighted by Gasteiger charge is 2.06. The van der Waals surface area contributed by atoms with Crippen LogP contribution in [0.25, 0.3) is 0 Å². The van der Waals surface area contributed by atoms with Gasteiger partial charge in [0, 0.05) is 6.42 Å². The van der Waals surface area contributed by atoms with Gasteiger partial charge < -0.3 is 0 Å². The van der Waals surface area contributed by atoms with Crippen molar-refractivity contribution in [2.75, 3.05) is 0 Å². The van der Waals surface area contributed by atoms with Crippen molar-refractivity contribution in [3.8, 4) is 6.07 Å². The molecule has 0 fully saturated rings. The zero-order valence-corrected chi connectivity index (χ0v) is 9.84. The third-order valence-electron chi connectivity index (χ3n) is 2.75. The van der Waals surface area contributed by atoms with Crippen LogP contribution in [0.3, 0.4) is 0 Å². The molecule has 0 aromatic heterocycles. The van der Waals surface area contributed by atoms with E-state index in [1.165, 1.54) is 31.3 Å². The van der Waals surface area contributed by atoms with Crippen molar-refractivity contribution < 1.29 is 0 Å². The van der Waals surface area contributed by atoms with E-state index in [-0.39, 0.29) is 0 Å². The van der Waals surface area contributed by atoms with Gasteiger partial charge in [-0.1, -0.05) is 38.3 Å². The second-order valence-electron chi connectivity index (χ2n) is 3.91. The highest BCUT2D eigenvalue weighted by molar-refractivity contribution is 5.05. The third-order valence-corrected chi connectivity index (χ3v) is 2.75. The Bertz CT molecular complexity index is 198. The van der Waals surface area contributed by atoms with Gasteiger partial charge in [-0.25, -0.2) is 0 Å². The molecule has 1 unspecified atom stereocenters. The van der Waals surface area contributed by atoms with Crippen LogP contribution in [0.1, 0.15) is 59.3 Å². The highest BCUT2D eigenvalue weighted by Crippen LogP contribution is 2.19. The van der Waals surface area contributed by atoms with Crippen molar-refractivity contribution in [2.45, 2.75) is 59.3 Å². The van der Waals surface area contributed by atoms with Gasteiger partial charge in [0.1, 0.15) is 0 Å². The lowest BCUT2D eigenvalue weighted by Crippen LogP contribution is -1.99. The second kappa shape index (κ2) is 8.81. The Morgan fingerprint density at radius 2 is 2.07 bits per heavy atom. The topological polar surface area (TPSA) is 23.8 Å². The van der Waals surface area contributed by atoms with Gasteiger partial charge >= 0.3 is 0 Å². The van der Waals surface area contributed by atoms with E-state index >= 15 is 0 Å². The molecular weight excluding hydrogens is 170 g/mol. The van der Waals surface area contributed by atoms with Crippen molar-refractivity contribution >= 4 is 0 Å². The maximum absolute atomic E-state index is 8.65. The van der Waals surface area contributed by atoms with Crippen molar-refractivity contribution in [1.29, 1.82) is 5.26 Å². The van der Waals surface area contributed by atoms with Gasteiger partial charge in [0.05, 0.1) is 6.07 Å². The molecule has 0 saturated heterocycles. The normalized spacial score (nSPS) is 13.7. The molecule has 0 aliphatic heterocycles. The van der Waals surface area contributed by atoms with Crippen LogP contribution >= 0.6 is 0 Å². The fourth-order valence-electron chi connectivity index (χ4n) is 1.63. The molecule has 0 amide bonds. The number of hydrogen-bond acceptors (Lipinski definition) is 1. The van der Waals surface area contributed by atoms with Crippen LogP contribution in [0.2, 0.25) is 0 Å². The summed E-state index contributed by atoms with van der Waals surface area (Å²) < 4.78 is 0. The average Bonchev–Trinajstić information content (AvgIpc) is 2.20. The number of allylic oxidation sites excluding steroid dienone is 2. The molecule has 0 N–H and O–H groups in total. The minimum Gasteiger partial charge on any atom is -0.198 e. The fraction of sp³-hybridized carbons (Fsp3) is 0.769. The second-order valence-corrected chi connectivity index (χ2v) is 3.91. The maximum atomic E-state index is 8.65. The molecule has 80 valence electrons. The molecule has 0 aliphatic carbocycles. The molecule has 0 rings (SSSR count). The van der Waals surface area contributed by atoms with Crippen LogP contribution in [0, 0.1) is 17.2 Å². The summed E-state index contributed by atoms with van der Waals surface area (Å²) in [6.07, 6.45) is 9.15. The quantitative estimate of drug-likeness (QED) is 0.433. The standard InChI is InChI=1S/C13H23N/c1-4-6-7-8-9-12(3)13(5-2)10-11-14/h9,13H,4-8,10H2,1-3H3/b12-9+. The average molecular weight is 193 g/mol. The summed E-state index contributed by atoms with van der Waals surface area (Å²) in [6, 6.07) is 2.26.